The molecule has 0 saturated heterocycles. The summed E-state index contributed by atoms with van der Waals surface area (Å²) in [6.07, 6.45) is 11.9. The molecule has 0 fully saturated rings. The highest BCUT2D eigenvalue weighted by Gasteiger charge is 2.34. The van der Waals surface area contributed by atoms with Gasteiger partial charge >= 0.3 is 0 Å². The Balaban J connectivity index is 1.43. The fraction of sp³-hybridized carbons (Fsp3) is 0.371. The van der Waals surface area contributed by atoms with Crippen molar-refractivity contribution in [2.75, 3.05) is 46.4 Å². The van der Waals surface area contributed by atoms with E-state index in [0.717, 1.165) is 17.2 Å². The largest absolute Gasteiger partial charge is 0.493 e. The van der Waals surface area contributed by atoms with Gasteiger partial charge in [0.2, 0.25) is 0 Å². The predicted octanol–water partition coefficient (Wildman–Crippen LogP) is 4.38. The van der Waals surface area contributed by atoms with Crippen LogP contribution in [0.15, 0.2) is 72.1 Å². The quantitative estimate of drug-likeness (QED) is 0.105. The monoisotopic (exact) mass is 678 g/mol. The van der Waals surface area contributed by atoms with Crippen molar-refractivity contribution in [2.24, 2.45) is 0 Å². The third kappa shape index (κ3) is 8.21. The van der Waals surface area contributed by atoms with Gasteiger partial charge in [0.25, 0.3) is 17.5 Å². The zero-order valence-electron chi connectivity index (χ0n) is 28.0. The van der Waals surface area contributed by atoms with Crippen molar-refractivity contribution in [3.63, 3.8) is 0 Å². The molecule has 0 saturated carbocycles. The first-order valence-corrected chi connectivity index (χ1v) is 15.7. The Hall–Kier alpha value is -5.34. The summed E-state index contributed by atoms with van der Waals surface area (Å²) in [4.78, 5) is 40.9. The zero-order chi connectivity index (χ0) is 35.7. The molecule has 14 nitrogen and oxygen atoms in total. The number of carbonyl (C=O) groups excluding carboxylic acids is 2. The number of anilines is 1. The molecule has 0 aromatic heterocycles. The van der Waals surface area contributed by atoms with E-state index in [-0.39, 0.29) is 66.4 Å². The normalized spacial score (nSPS) is 17.4. The van der Waals surface area contributed by atoms with Crippen molar-refractivity contribution in [1.82, 2.24) is 9.80 Å². The van der Waals surface area contributed by atoms with Crippen molar-refractivity contribution in [3.8, 4) is 23.0 Å². The van der Waals surface area contributed by atoms with E-state index < -0.39 is 28.6 Å². The number of amides is 2. The van der Waals surface area contributed by atoms with Crippen molar-refractivity contribution < 1.29 is 43.7 Å². The molecule has 0 bridgehead atoms. The number of methoxy groups -OCH3 is 2. The summed E-state index contributed by atoms with van der Waals surface area (Å²) < 4.78 is 22.6. The molecule has 262 valence electrons. The molecule has 0 unspecified atom stereocenters. The van der Waals surface area contributed by atoms with Gasteiger partial charge in [-0.3, -0.25) is 19.7 Å². The fourth-order valence-corrected chi connectivity index (χ4v) is 5.70. The van der Waals surface area contributed by atoms with Crippen molar-refractivity contribution >= 4 is 23.2 Å². The van der Waals surface area contributed by atoms with Crippen LogP contribution in [-0.4, -0.2) is 89.5 Å². The number of benzene rings is 2. The second kappa shape index (κ2) is 16.7. The van der Waals surface area contributed by atoms with Crippen LogP contribution >= 0.6 is 0 Å². The minimum Gasteiger partial charge on any atom is -0.493 e. The Morgan fingerprint density at radius 2 is 1.31 bits per heavy atom. The second-order valence-electron chi connectivity index (χ2n) is 11.3. The first-order valence-electron chi connectivity index (χ1n) is 15.7. The van der Waals surface area contributed by atoms with Gasteiger partial charge < -0.3 is 44.7 Å². The highest BCUT2D eigenvalue weighted by molar-refractivity contribution is 6.01. The standard InChI is InChI=1S/C35H42N4O10/c1-5-8-22-12-24(20-40)37(18-22)34(42)26-14-30(46-3)32(16-28(26)36)48-10-7-11-49-33-17-29(39(44)45)27(15-31(33)47-4)35(43)38-19-23(9-6-2)13-25(38)21-41/h5-6,8-9,14-19,24-25,40-41H,7,10-13,20-21,36H2,1-4H3/b8-5+,9-6+/t24-,25-/m0/s1. The van der Waals surface area contributed by atoms with Gasteiger partial charge in [0.1, 0.15) is 5.56 Å². The van der Waals surface area contributed by atoms with Crippen LogP contribution in [0.2, 0.25) is 0 Å². The SMILES string of the molecule is C/C=C/C1=CN(C(=O)c2cc(OC)c(OCCCOc3cc([N+](=O)[O-])c(C(=O)N4C=C(/C=C/C)C[C@H]4CO)cc3OC)cc2N)[C@H](CO)C1. The molecule has 0 spiro atoms. The molecular weight excluding hydrogens is 636 g/mol. The molecule has 0 aliphatic carbocycles. The third-order valence-corrected chi connectivity index (χ3v) is 8.07. The molecule has 2 aromatic rings. The van der Waals surface area contributed by atoms with Crippen LogP contribution < -0.4 is 24.7 Å². The first kappa shape index (κ1) is 36.5. The molecule has 14 heteroatoms. The van der Waals surface area contributed by atoms with Crippen LogP contribution in [0.4, 0.5) is 11.4 Å². The molecule has 4 rings (SSSR count). The number of aliphatic hydroxyl groups excluding tert-OH is 2. The summed E-state index contributed by atoms with van der Waals surface area (Å²) in [6.45, 7) is 3.40. The van der Waals surface area contributed by atoms with Gasteiger partial charge in [-0.1, -0.05) is 24.3 Å². The van der Waals surface area contributed by atoms with E-state index in [2.05, 4.69) is 0 Å². The highest BCUT2D eigenvalue weighted by Crippen LogP contribution is 2.38. The maximum Gasteiger partial charge on any atom is 0.286 e. The number of nitrogens with zero attached hydrogens (tertiary/aromatic N) is 3. The van der Waals surface area contributed by atoms with Crippen LogP contribution in [0.1, 0.15) is 53.8 Å². The van der Waals surface area contributed by atoms with E-state index in [4.69, 9.17) is 24.7 Å². The molecular formula is C35H42N4O10. The highest BCUT2D eigenvalue weighted by atomic mass is 16.6. The maximum absolute atomic E-state index is 13.4. The zero-order valence-corrected chi connectivity index (χ0v) is 28.0. The third-order valence-electron chi connectivity index (χ3n) is 8.07. The lowest BCUT2D eigenvalue weighted by Crippen LogP contribution is -2.35. The lowest BCUT2D eigenvalue weighted by atomic mass is 10.1. The Morgan fingerprint density at radius 1 is 0.837 bits per heavy atom. The van der Waals surface area contributed by atoms with E-state index in [9.17, 15) is 29.9 Å². The van der Waals surface area contributed by atoms with Crippen molar-refractivity contribution in [2.45, 2.75) is 45.2 Å². The molecule has 2 atom stereocenters. The minimum atomic E-state index is -0.667. The molecule has 0 radical (unpaired) electrons. The molecule has 2 aliphatic heterocycles. The Labute approximate surface area is 284 Å². The predicted molar refractivity (Wildman–Crippen MR) is 182 cm³/mol. The number of rotatable bonds is 15. The molecule has 4 N–H and O–H groups in total. The average Bonchev–Trinajstić information content (AvgIpc) is 3.71. The van der Waals surface area contributed by atoms with Gasteiger partial charge in [0, 0.05) is 36.6 Å². The van der Waals surface area contributed by atoms with Gasteiger partial charge in [-0.2, -0.15) is 0 Å². The Kier molecular flexibility index (Phi) is 12.4. The van der Waals surface area contributed by atoms with Crippen LogP contribution in [0.25, 0.3) is 0 Å². The summed E-state index contributed by atoms with van der Waals surface area (Å²) in [6, 6.07) is 4.44. The van der Waals surface area contributed by atoms with Gasteiger partial charge in [-0.05, 0) is 43.9 Å². The fourth-order valence-electron chi connectivity index (χ4n) is 5.70. The van der Waals surface area contributed by atoms with Crippen LogP contribution in [-0.2, 0) is 0 Å². The molecule has 2 heterocycles. The van der Waals surface area contributed by atoms with Crippen molar-refractivity contribution in [3.05, 3.63) is 93.4 Å². The second-order valence-corrected chi connectivity index (χ2v) is 11.3. The van der Waals surface area contributed by atoms with Crippen LogP contribution in [0, 0.1) is 10.1 Å². The number of hydrogen-bond acceptors (Lipinski definition) is 11. The smallest absolute Gasteiger partial charge is 0.286 e. The number of nitrogen functional groups attached to an aromatic ring is 1. The van der Waals surface area contributed by atoms with E-state index in [0.29, 0.717) is 25.0 Å². The maximum atomic E-state index is 13.4. The number of allylic oxidation sites excluding steroid dienone is 4. The number of nitrogens with two attached hydrogens (primary N) is 1. The van der Waals surface area contributed by atoms with E-state index in [1.54, 1.807) is 12.4 Å². The van der Waals surface area contributed by atoms with Gasteiger partial charge in [-0.15, -0.1) is 0 Å². The number of nitro benzene ring substituents is 1. The Bertz CT molecular complexity index is 1680. The number of nitro groups is 1. The number of hydrogen-bond donors (Lipinski definition) is 3. The van der Waals surface area contributed by atoms with Gasteiger partial charge in [-0.25, -0.2) is 0 Å². The average molecular weight is 679 g/mol. The van der Waals surface area contributed by atoms with E-state index in [1.807, 2.05) is 38.2 Å². The van der Waals surface area contributed by atoms with E-state index >= 15 is 0 Å². The van der Waals surface area contributed by atoms with Gasteiger partial charge in [0.15, 0.2) is 23.0 Å². The Morgan fingerprint density at radius 3 is 1.76 bits per heavy atom. The summed E-state index contributed by atoms with van der Waals surface area (Å²) >= 11 is 0. The van der Waals surface area contributed by atoms with Crippen LogP contribution in [0.3, 0.4) is 0 Å². The summed E-state index contributed by atoms with van der Waals surface area (Å²) in [7, 11) is 2.79. The number of carbonyl (C=O) groups is 2. The summed E-state index contributed by atoms with van der Waals surface area (Å²) in [5.74, 6) is -0.261. The first-order chi connectivity index (χ1) is 23.6. The van der Waals surface area contributed by atoms with Crippen molar-refractivity contribution in [1.29, 1.82) is 0 Å². The molecule has 2 amide bonds. The summed E-state index contributed by atoms with van der Waals surface area (Å²) in [5, 5.41) is 31.7. The summed E-state index contributed by atoms with van der Waals surface area (Å²) in [5.41, 5.74) is 7.68. The number of aliphatic hydroxyl groups is 2. The number of ether oxygens (including phenoxy) is 4. The van der Waals surface area contributed by atoms with Gasteiger partial charge in [0.05, 0.1) is 69.3 Å². The van der Waals surface area contributed by atoms with Crippen LogP contribution in [0.5, 0.6) is 23.0 Å². The minimum absolute atomic E-state index is 0.0652. The lowest BCUT2D eigenvalue weighted by Gasteiger charge is -2.23. The lowest BCUT2D eigenvalue weighted by molar-refractivity contribution is -0.385. The molecule has 2 aliphatic rings. The van der Waals surface area contributed by atoms with E-state index in [1.165, 1.54) is 42.2 Å². The molecule has 2 aromatic carbocycles. The molecule has 49 heavy (non-hydrogen) atoms. The topological polar surface area (TPSA) is 187 Å².